The van der Waals surface area contributed by atoms with Crippen molar-refractivity contribution in [3.05, 3.63) is 35.4 Å². The van der Waals surface area contributed by atoms with Gasteiger partial charge in [-0.3, -0.25) is 14.5 Å². The number of imide groups is 1. The van der Waals surface area contributed by atoms with E-state index in [-0.39, 0.29) is 24.8 Å². The van der Waals surface area contributed by atoms with Crippen LogP contribution in [0.2, 0.25) is 0 Å². The molecule has 150 valence electrons. The molecule has 1 aromatic rings. The number of carbonyl (C=O) groups is 4. The van der Waals surface area contributed by atoms with Gasteiger partial charge in [0.1, 0.15) is 12.1 Å². The van der Waals surface area contributed by atoms with Crippen LogP contribution in [0.4, 0.5) is 4.79 Å². The summed E-state index contributed by atoms with van der Waals surface area (Å²) in [6, 6.07) is 5.82. The Morgan fingerprint density at radius 1 is 1.21 bits per heavy atom. The van der Waals surface area contributed by atoms with Crippen molar-refractivity contribution in [1.82, 2.24) is 15.1 Å². The molecule has 28 heavy (non-hydrogen) atoms. The van der Waals surface area contributed by atoms with Crippen LogP contribution in [-0.4, -0.2) is 57.3 Å². The van der Waals surface area contributed by atoms with Crippen LogP contribution in [0.15, 0.2) is 24.3 Å². The summed E-state index contributed by atoms with van der Waals surface area (Å²) in [6.45, 7) is 4.07. The lowest BCUT2D eigenvalue weighted by Gasteiger charge is -2.28. The first kappa shape index (κ1) is 19.9. The van der Waals surface area contributed by atoms with Crippen molar-refractivity contribution in [3.63, 3.8) is 0 Å². The first-order chi connectivity index (χ1) is 13.3. The predicted molar refractivity (Wildman–Crippen MR) is 100 cm³/mol. The lowest BCUT2D eigenvalue weighted by molar-refractivity contribution is -0.142. The number of carboxylic acid groups (broad SMARTS) is 1. The van der Waals surface area contributed by atoms with Crippen LogP contribution in [-0.2, 0) is 27.3 Å². The number of hydrogen-bond acceptors (Lipinski definition) is 4. The molecule has 1 fully saturated rings. The molecular weight excluding hydrogens is 362 g/mol. The number of fused-ring (bicyclic) bond motifs is 2. The van der Waals surface area contributed by atoms with Crippen LogP contribution >= 0.6 is 0 Å². The molecule has 2 heterocycles. The smallest absolute Gasteiger partial charge is 0.327 e. The maximum absolute atomic E-state index is 12.7. The van der Waals surface area contributed by atoms with Gasteiger partial charge in [0.25, 0.3) is 5.91 Å². The van der Waals surface area contributed by atoms with E-state index in [0.717, 1.165) is 16.0 Å². The van der Waals surface area contributed by atoms with Gasteiger partial charge in [0, 0.05) is 25.9 Å². The average Bonchev–Trinajstić information content (AvgIpc) is 2.87. The van der Waals surface area contributed by atoms with Crippen LogP contribution < -0.4 is 5.32 Å². The second-order valence-electron chi connectivity index (χ2n) is 7.73. The maximum atomic E-state index is 12.7. The summed E-state index contributed by atoms with van der Waals surface area (Å²) in [5.74, 6) is -1.77. The normalized spacial score (nSPS) is 19.5. The van der Waals surface area contributed by atoms with Crippen molar-refractivity contribution in [2.45, 2.75) is 51.7 Å². The minimum atomic E-state index is -1.09. The molecule has 1 saturated heterocycles. The van der Waals surface area contributed by atoms with Gasteiger partial charge in [-0.1, -0.05) is 38.1 Å². The van der Waals surface area contributed by atoms with E-state index in [0.29, 0.717) is 19.4 Å². The first-order valence-corrected chi connectivity index (χ1v) is 9.49. The lowest BCUT2D eigenvalue weighted by atomic mass is 9.95. The first-order valence-electron chi connectivity index (χ1n) is 9.49. The molecule has 2 atom stereocenters. The van der Waals surface area contributed by atoms with Gasteiger partial charge in [-0.25, -0.2) is 9.59 Å². The molecule has 0 bridgehead atoms. The Balaban J connectivity index is 1.60. The molecule has 2 aliphatic rings. The third-order valence-corrected chi connectivity index (χ3v) is 5.18. The molecular formula is C20H25N3O5. The minimum absolute atomic E-state index is 0.0547. The zero-order chi connectivity index (χ0) is 20.4. The van der Waals surface area contributed by atoms with Crippen LogP contribution in [0.5, 0.6) is 0 Å². The molecule has 0 saturated carbocycles. The molecule has 0 aliphatic carbocycles. The fourth-order valence-electron chi connectivity index (χ4n) is 3.75. The zero-order valence-corrected chi connectivity index (χ0v) is 16.1. The van der Waals surface area contributed by atoms with Gasteiger partial charge >= 0.3 is 12.0 Å². The Bertz CT molecular complexity index is 764. The minimum Gasteiger partial charge on any atom is -0.480 e. The van der Waals surface area contributed by atoms with E-state index in [1.54, 1.807) is 4.90 Å². The Labute approximate surface area is 163 Å². The van der Waals surface area contributed by atoms with Crippen LogP contribution in [0, 0.1) is 5.92 Å². The lowest BCUT2D eigenvalue weighted by Crippen LogP contribution is -2.43. The molecule has 3 rings (SSSR count). The maximum Gasteiger partial charge on any atom is 0.327 e. The Hall–Kier alpha value is -2.90. The topological polar surface area (TPSA) is 107 Å². The van der Waals surface area contributed by atoms with E-state index in [1.165, 1.54) is 0 Å². The Kier molecular flexibility index (Phi) is 5.67. The van der Waals surface area contributed by atoms with Crippen molar-refractivity contribution in [2.24, 2.45) is 5.92 Å². The van der Waals surface area contributed by atoms with Gasteiger partial charge < -0.3 is 15.3 Å². The number of urea groups is 1. The van der Waals surface area contributed by atoms with Gasteiger partial charge in [0.2, 0.25) is 5.91 Å². The quantitative estimate of drug-likeness (QED) is 0.688. The van der Waals surface area contributed by atoms with Gasteiger partial charge in [-0.05, 0) is 23.5 Å². The third-order valence-electron chi connectivity index (χ3n) is 5.18. The summed E-state index contributed by atoms with van der Waals surface area (Å²) in [7, 11) is 0. The number of aliphatic carboxylic acids is 1. The second-order valence-corrected chi connectivity index (χ2v) is 7.73. The van der Waals surface area contributed by atoms with Gasteiger partial charge in [0.05, 0.1) is 0 Å². The van der Waals surface area contributed by atoms with E-state index in [9.17, 15) is 24.3 Å². The number of carboxylic acids is 1. The molecule has 4 amide bonds. The largest absolute Gasteiger partial charge is 0.480 e. The van der Waals surface area contributed by atoms with Gasteiger partial charge in [-0.15, -0.1) is 0 Å². The summed E-state index contributed by atoms with van der Waals surface area (Å²) < 4.78 is 0. The number of hydrogen-bond donors (Lipinski definition) is 2. The molecule has 0 spiro atoms. The standard InChI is InChI=1S/C20H25N3O5/c1-12(2)9-15(19(26)27)21-17(24)7-8-22-18(25)16-10-13-5-3-4-6-14(13)11-23(16)20(22)28/h3-6,12,15-16H,7-11H2,1-2H3,(H,21,24)(H,26,27). The van der Waals surface area contributed by atoms with E-state index in [4.69, 9.17) is 0 Å². The van der Waals surface area contributed by atoms with E-state index in [1.807, 2.05) is 38.1 Å². The van der Waals surface area contributed by atoms with Gasteiger partial charge in [0.15, 0.2) is 0 Å². The Morgan fingerprint density at radius 2 is 1.89 bits per heavy atom. The molecule has 2 unspecified atom stereocenters. The summed E-state index contributed by atoms with van der Waals surface area (Å²) in [5.41, 5.74) is 2.08. The number of amides is 4. The summed E-state index contributed by atoms with van der Waals surface area (Å²) in [6.07, 6.45) is 0.669. The number of benzene rings is 1. The molecule has 8 nitrogen and oxygen atoms in total. The number of carbonyl (C=O) groups excluding carboxylic acids is 3. The van der Waals surface area contributed by atoms with E-state index < -0.39 is 30.0 Å². The molecule has 0 radical (unpaired) electrons. The van der Waals surface area contributed by atoms with Crippen molar-refractivity contribution in [2.75, 3.05) is 6.54 Å². The zero-order valence-electron chi connectivity index (χ0n) is 16.1. The van der Waals surface area contributed by atoms with E-state index in [2.05, 4.69) is 5.32 Å². The SMILES string of the molecule is CC(C)CC(NC(=O)CCN1C(=O)C2Cc3ccccc3CN2C1=O)C(=O)O. The van der Waals surface area contributed by atoms with Crippen molar-refractivity contribution in [3.8, 4) is 0 Å². The highest BCUT2D eigenvalue weighted by Crippen LogP contribution is 2.29. The number of nitrogens with one attached hydrogen (secondary N) is 1. The molecule has 0 aromatic heterocycles. The van der Waals surface area contributed by atoms with Crippen LogP contribution in [0.1, 0.15) is 37.8 Å². The molecule has 8 heteroatoms. The third kappa shape index (κ3) is 4.00. The monoisotopic (exact) mass is 387 g/mol. The summed E-state index contributed by atoms with van der Waals surface area (Å²) in [5, 5.41) is 11.7. The molecule has 1 aromatic carbocycles. The fourth-order valence-corrected chi connectivity index (χ4v) is 3.75. The van der Waals surface area contributed by atoms with E-state index >= 15 is 0 Å². The van der Waals surface area contributed by atoms with Crippen LogP contribution in [0.3, 0.4) is 0 Å². The highest BCUT2D eigenvalue weighted by molar-refractivity contribution is 6.05. The predicted octanol–water partition coefficient (Wildman–Crippen LogP) is 1.38. The number of nitrogens with zero attached hydrogens (tertiary/aromatic N) is 2. The number of rotatable bonds is 7. The van der Waals surface area contributed by atoms with Crippen molar-refractivity contribution >= 4 is 23.8 Å². The highest BCUT2D eigenvalue weighted by Gasteiger charge is 2.46. The Morgan fingerprint density at radius 3 is 2.54 bits per heavy atom. The van der Waals surface area contributed by atoms with Gasteiger partial charge in [-0.2, -0.15) is 0 Å². The molecule has 2 aliphatic heterocycles. The van der Waals surface area contributed by atoms with Crippen molar-refractivity contribution in [1.29, 1.82) is 0 Å². The summed E-state index contributed by atoms with van der Waals surface area (Å²) in [4.78, 5) is 51.4. The average molecular weight is 387 g/mol. The fraction of sp³-hybridized carbons (Fsp3) is 0.500. The highest BCUT2D eigenvalue weighted by atomic mass is 16.4. The summed E-state index contributed by atoms with van der Waals surface area (Å²) >= 11 is 0. The van der Waals surface area contributed by atoms with Crippen molar-refractivity contribution < 1.29 is 24.3 Å². The second kappa shape index (κ2) is 8.00. The van der Waals surface area contributed by atoms with Crippen LogP contribution in [0.25, 0.3) is 0 Å². The molecule has 2 N–H and O–H groups in total.